The highest BCUT2D eigenvalue weighted by molar-refractivity contribution is 6.07. The number of hydrogen-bond acceptors (Lipinski definition) is 5. The van der Waals surface area contributed by atoms with Crippen molar-refractivity contribution < 1.29 is 19.1 Å². The lowest BCUT2D eigenvalue weighted by Gasteiger charge is -2.42. The van der Waals surface area contributed by atoms with E-state index in [1.807, 2.05) is 41.3 Å². The van der Waals surface area contributed by atoms with Crippen LogP contribution in [0.4, 0.5) is 4.79 Å². The zero-order chi connectivity index (χ0) is 25.0. The Hall–Kier alpha value is -3.06. The van der Waals surface area contributed by atoms with Crippen LogP contribution >= 0.6 is 0 Å². The van der Waals surface area contributed by atoms with Gasteiger partial charge in [-0.1, -0.05) is 38.1 Å². The zero-order valence-corrected chi connectivity index (χ0v) is 21.3. The van der Waals surface area contributed by atoms with Gasteiger partial charge in [-0.15, -0.1) is 0 Å². The van der Waals surface area contributed by atoms with Crippen LogP contribution in [0.5, 0.6) is 11.5 Å². The number of benzene rings is 2. The number of amides is 3. The number of methoxy groups -OCH3 is 2. The number of ether oxygens (including phenoxy) is 2. The maximum absolute atomic E-state index is 13.8. The van der Waals surface area contributed by atoms with E-state index in [1.165, 1.54) is 10.5 Å². The second kappa shape index (κ2) is 10.7. The molecule has 7 nitrogen and oxygen atoms in total. The number of carbonyl (C=O) groups is 2. The fraction of sp³-hybridized carbons (Fsp3) is 0.500. The second-order valence-corrected chi connectivity index (χ2v) is 10.0. The van der Waals surface area contributed by atoms with Crippen LogP contribution in [0.15, 0.2) is 48.5 Å². The van der Waals surface area contributed by atoms with Gasteiger partial charge in [-0.2, -0.15) is 0 Å². The van der Waals surface area contributed by atoms with E-state index in [0.29, 0.717) is 25.3 Å². The molecule has 2 aromatic carbocycles. The molecule has 0 aromatic heterocycles. The molecule has 0 unspecified atom stereocenters. The van der Waals surface area contributed by atoms with Crippen molar-refractivity contribution in [3.63, 3.8) is 0 Å². The van der Waals surface area contributed by atoms with Crippen molar-refractivity contribution in [3.05, 3.63) is 59.7 Å². The minimum absolute atomic E-state index is 0.0572. The van der Waals surface area contributed by atoms with E-state index in [2.05, 4.69) is 30.9 Å². The maximum atomic E-state index is 13.8. The van der Waals surface area contributed by atoms with Gasteiger partial charge in [0.1, 0.15) is 17.0 Å². The van der Waals surface area contributed by atoms with Crippen molar-refractivity contribution in [2.24, 2.45) is 5.92 Å². The summed E-state index contributed by atoms with van der Waals surface area (Å²) in [5, 5.41) is 0. The number of hydrogen-bond donors (Lipinski definition) is 0. The Kier molecular flexibility index (Phi) is 7.65. The molecule has 188 valence electrons. The van der Waals surface area contributed by atoms with Crippen LogP contribution < -0.4 is 9.47 Å². The summed E-state index contributed by atoms with van der Waals surface area (Å²) in [6.45, 7) is 7.55. The van der Waals surface area contributed by atoms with E-state index >= 15 is 0 Å². The van der Waals surface area contributed by atoms with Crippen LogP contribution in [0.1, 0.15) is 44.2 Å². The van der Waals surface area contributed by atoms with E-state index < -0.39 is 5.54 Å². The molecule has 0 aliphatic carbocycles. The molecule has 1 spiro atoms. The lowest BCUT2D eigenvalue weighted by molar-refractivity contribution is -0.136. The van der Waals surface area contributed by atoms with Gasteiger partial charge in [0, 0.05) is 26.2 Å². The summed E-state index contributed by atoms with van der Waals surface area (Å²) in [7, 11) is 3.29. The van der Waals surface area contributed by atoms with Gasteiger partial charge < -0.3 is 14.4 Å². The number of rotatable bonds is 9. The molecule has 2 aliphatic heterocycles. The van der Waals surface area contributed by atoms with E-state index in [-0.39, 0.29) is 18.5 Å². The number of urea groups is 1. The highest BCUT2D eigenvalue weighted by atomic mass is 16.5. The minimum atomic E-state index is -0.749. The van der Waals surface area contributed by atoms with Crippen molar-refractivity contribution in [1.29, 1.82) is 0 Å². The molecule has 4 rings (SSSR count). The van der Waals surface area contributed by atoms with E-state index in [4.69, 9.17) is 9.47 Å². The van der Waals surface area contributed by atoms with Crippen LogP contribution in [0.25, 0.3) is 0 Å². The first-order valence-corrected chi connectivity index (χ1v) is 12.5. The molecule has 2 heterocycles. The smallest absolute Gasteiger partial charge is 0.327 e. The summed E-state index contributed by atoms with van der Waals surface area (Å²) in [6.07, 6.45) is 2.18. The third-order valence-corrected chi connectivity index (χ3v) is 7.28. The van der Waals surface area contributed by atoms with Crippen LogP contribution in [-0.2, 0) is 17.9 Å². The number of piperidine rings is 1. The molecule has 2 aliphatic rings. The van der Waals surface area contributed by atoms with E-state index in [9.17, 15) is 9.59 Å². The molecular formula is C28H37N3O4. The molecule has 0 atom stereocenters. The van der Waals surface area contributed by atoms with Crippen LogP contribution in [0.2, 0.25) is 0 Å². The molecule has 0 saturated carbocycles. The van der Waals surface area contributed by atoms with Gasteiger partial charge >= 0.3 is 6.03 Å². The summed E-state index contributed by atoms with van der Waals surface area (Å²) in [5.74, 6) is 1.97. The first-order valence-electron chi connectivity index (χ1n) is 12.5. The average Bonchev–Trinajstić information content (AvgIpc) is 3.05. The summed E-state index contributed by atoms with van der Waals surface area (Å²) >= 11 is 0. The molecule has 3 amide bonds. The normalized spacial score (nSPS) is 18.1. The van der Waals surface area contributed by atoms with Gasteiger partial charge in [-0.3, -0.25) is 14.6 Å². The Balaban J connectivity index is 1.50. The highest BCUT2D eigenvalue weighted by Crippen LogP contribution is 2.39. The third-order valence-electron chi connectivity index (χ3n) is 7.28. The second-order valence-electron chi connectivity index (χ2n) is 10.0. The van der Waals surface area contributed by atoms with Crippen molar-refractivity contribution in [2.75, 3.05) is 33.9 Å². The molecule has 2 fully saturated rings. The van der Waals surface area contributed by atoms with Crippen molar-refractivity contribution in [2.45, 2.75) is 51.7 Å². The maximum Gasteiger partial charge on any atom is 0.327 e. The first kappa shape index (κ1) is 25.0. The predicted molar refractivity (Wildman–Crippen MR) is 135 cm³/mol. The van der Waals surface area contributed by atoms with Crippen molar-refractivity contribution in [3.8, 4) is 11.5 Å². The minimum Gasteiger partial charge on any atom is -0.497 e. The highest BCUT2D eigenvalue weighted by Gasteiger charge is 2.57. The molecule has 7 heteroatoms. The first-order chi connectivity index (χ1) is 16.9. The number of imide groups is 1. The molecular weight excluding hydrogens is 442 g/mol. The third kappa shape index (κ3) is 5.30. The summed E-state index contributed by atoms with van der Waals surface area (Å²) < 4.78 is 10.6. The van der Waals surface area contributed by atoms with Crippen LogP contribution in [-0.4, -0.2) is 66.0 Å². The van der Waals surface area contributed by atoms with Gasteiger partial charge in [-0.25, -0.2) is 4.79 Å². The Morgan fingerprint density at radius 3 is 2.20 bits per heavy atom. The molecule has 35 heavy (non-hydrogen) atoms. The van der Waals surface area contributed by atoms with E-state index in [1.54, 1.807) is 14.2 Å². The fourth-order valence-electron chi connectivity index (χ4n) is 5.13. The monoisotopic (exact) mass is 479 g/mol. The van der Waals surface area contributed by atoms with Gasteiger partial charge in [0.2, 0.25) is 0 Å². The quantitative estimate of drug-likeness (QED) is 0.494. The topological polar surface area (TPSA) is 62.3 Å². The summed E-state index contributed by atoms with van der Waals surface area (Å²) in [5.41, 5.74) is 1.36. The number of likely N-dealkylation sites (tertiary alicyclic amines) is 1. The molecule has 0 bridgehead atoms. The Bertz CT molecular complexity index is 1030. The van der Waals surface area contributed by atoms with Crippen molar-refractivity contribution in [1.82, 2.24) is 14.7 Å². The summed E-state index contributed by atoms with van der Waals surface area (Å²) in [6, 6.07) is 15.5. The van der Waals surface area contributed by atoms with Gasteiger partial charge in [0.05, 0.1) is 20.8 Å². The lowest BCUT2D eigenvalue weighted by Crippen LogP contribution is -2.56. The Labute approximate surface area is 208 Å². The van der Waals surface area contributed by atoms with Crippen molar-refractivity contribution >= 4 is 11.9 Å². The molecule has 0 radical (unpaired) electrons. The molecule has 2 saturated heterocycles. The molecule has 0 N–H and O–H groups in total. The number of carbonyl (C=O) groups excluding carboxylic acids is 2. The van der Waals surface area contributed by atoms with Crippen LogP contribution in [0, 0.1) is 5.92 Å². The standard InChI is InChI=1S/C28H37N3O4/c1-21(2)12-15-31-27(33)30(20-23-6-5-7-25(18-23)35-4)26(32)28(31)13-16-29(17-14-28)19-22-8-10-24(34-3)11-9-22/h5-11,18,21H,12-17,19-20H2,1-4H3. The zero-order valence-electron chi connectivity index (χ0n) is 21.3. The number of nitrogens with zero attached hydrogens (tertiary/aromatic N) is 3. The van der Waals surface area contributed by atoms with E-state index in [0.717, 1.165) is 43.1 Å². The van der Waals surface area contributed by atoms with Gasteiger partial charge in [0.25, 0.3) is 5.91 Å². The van der Waals surface area contributed by atoms with Crippen LogP contribution in [0.3, 0.4) is 0 Å². The Morgan fingerprint density at radius 1 is 0.886 bits per heavy atom. The van der Waals surface area contributed by atoms with Gasteiger partial charge in [-0.05, 0) is 60.6 Å². The SMILES string of the molecule is COc1ccc(CN2CCC3(CC2)C(=O)N(Cc2cccc(OC)c2)C(=O)N3CCC(C)C)cc1. The Morgan fingerprint density at radius 2 is 1.57 bits per heavy atom. The average molecular weight is 480 g/mol. The predicted octanol–water partition coefficient (Wildman–Crippen LogP) is 4.55. The lowest BCUT2D eigenvalue weighted by atomic mass is 9.85. The fourth-order valence-corrected chi connectivity index (χ4v) is 5.13. The largest absolute Gasteiger partial charge is 0.497 e. The summed E-state index contributed by atoms with van der Waals surface area (Å²) in [4.78, 5) is 33.1. The molecule has 2 aromatic rings. The van der Waals surface area contributed by atoms with Gasteiger partial charge in [0.15, 0.2) is 0 Å².